The Morgan fingerprint density at radius 3 is 2.32 bits per heavy atom. The Morgan fingerprint density at radius 2 is 1.65 bits per heavy atom. The maximum atomic E-state index is 13.4. The molecule has 0 saturated carbocycles. The highest BCUT2D eigenvalue weighted by Gasteiger charge is 2.35. The van der Waals surface area contributed by atoms with E-state index in [0.29, 0.717) is 34.7 Å². The van der Waals surface area contributed by atoms with E-state index in [4.69, 9.17) is 27.9 Å². The van der Waals surface area contributed by atoms with Gasteiger partial charge >= 0.3 is 0 Å². The zero-order chi connectivity index (χ0) is 23.9. The van der Waals surface area contributed by atoms with E-state index in [2.05, 4.69) is 41.8 Å². The number of fused-ring (bicyclic) bond motifs is 1. The zero-order valence-corrected chi connectivity index (χ0v) is 21.5. The number of anilines is 1. The molecule has 0 aromatic heterocycles. The van der Waals surface area contributed by atoms with Crippen LogP contribution >= 0.6 is 23.2 Å². The monoisotopic (exact) mass is 501 g/mol. The highest BCUT2D eigenvalue weighted by Crippen LogP contribution is 2.37. The van der Waals surface area contributed by atoms with Gasteiger partial charge in [0.2, 0.25) is 0 Å². The van der Waals surface area contributed by atoms with Crippen LogP contribution in [-0.2, 0) is 16.7 Å². The topological polar surface area (TPSA) is 36.0 Å². The second kappa shape index (κ2) is 9.69. The number of nitrogens with zero attached hydrogens (tertiary/aromatic N) is 3. The molecule has 0 bridgehead atoms. The summed E-state index contributed by atoms with van der Waals surface area (Å²) in [6, 6.07) is 12.6. The molecule has 0 unspecified atom stereocenters. The van der Waals surface area contributed by atoms with Crippen LogP contribution in [-0.4, -0.2) is 67.7 Å². The molecule has 0 atom stereocenters. The number of rotatable bonds is 3. The second-order valence-electron chi connectivity index (χ2n) is 10.4. The number of morpholine rings is 1. The third kappa shape index (κ3) is 4.94. The van der Waals surface area contributed by atoms with E-state index in [0.717, 1.165) is 39.4 Å². The molecule has 3 heterocycles. The smallest absolute Gasteiger partial charge is 0.254 e. The van der Waals surface area contributed by atoms with Crippen molar-refractivity contribution in [2.45, 2.75) is 44.7 Å². The molecule has 3 aliphatic rings. The van der Waals surface area contributed by atoms with E-state index in [1.165, 1.54) is 29.7 Å². The van der Waals surface area contributed by atoms with Gasteiger partial charge in [0.15, 0.2) is 0 Å². The summed E-state index contributed by atoms with van der Waals surface area (Å²) in [7, 11) is 0. The van der Waals surface area contributed by atoms with Crippen LogP contribution in [0.5, 0.6) is 0 Å². The van der Waals surface area contributed by atoms with Gasteiger partial charge in [0.05, 0.1) is 13.2 Å². The largest absolute Gasteiger partial charge is 0.379 e. The SMILES string of the molecule is CC1(C)CN(C(=O)c2cc(Cl)cc(Cl)c2)Cc2cc(N3CCC(N4CCOCC4)CC3)ccc21. The first kappa shape index (κ1) is 23.9. The molecule has 34 heavy (non-hydrogen) atoms. The van der Waals surface area contributed by atoms with E-state index >= 15 is 0 Å². The van der Waals surface area contributed by atoms with Crippen molar-refractivity contribution in [1.29, 1.82) is 0 Å². The molecule has 1 amide bonds. The molecule has 5 nitrogen and oxygen atoms in total. The van der Waals surface area contributed by atoms with Crippen molar-refractivity contribution in [2.24, 2.45) is 0 Å². The summed E-state index contributed by atoms with van der Waals surface area (Å²) in [5, 5.41) is 0.963. The van der Waals surface area contributed by atoms with Crippen molar-refractivity contribution in [3.63, 3.8) is 0 Å². The summed E-state index contributed by atoms with van der Waals surface area (Å²) in [5.74, 6) is -0.0279. The fraction of sp³-hybridized carbons (Fsp3) is 0.519. The minimum absolute atomic E-state index is 0.0279. The van der Waals surface area contributed by atoms with Gasteiger partial charge < -0.3 is 14.5 Å². The number of benzene rings is 2. The predicted molar refractivity (Wildman–Crippen MR) is 138 cm³/mol. The number of halogens is 2. The fourth-order valence-electron chi connectivity index (χ4n) is 5.83. The first-order valence-corrected chi connectivity index (χ1v) is 13.0. The van der Waals surface area contributed by atoms with Gasteiger partial charge in [-0.3, -0.25) is 9.69 Å². The Labute approximate surface area is 212 Å². The molecule has 0 spiro atoms. The van der Waals surface area contributed by atoms with E-state index in [1.54, 1.807) is 18.2 Å². The Balaban J connectivity index is 1.32. The molecule has 2 saturated heterocycles. The van der Waals surface area contributed by atoms with Gasteiger partial charge in [0.1, 0.15) is 0 Å². The fourth-order valence-corrected chi connectivity index (χ4v) is 6.35. The maximum Gasteiger partial charge on any atom is 0.254 e. The van der Waals surface area contributed by atoms with Gasteiger partial charge in [0, 0.05) is 72.0 Å². The Hall–Kier alpha value is -1.79. The number of carbonyl (C=O) groups excluding carboxylic acids is 1. The lowest BCUT2D eigenvalue weighted by molar-refractivity contribution is 0.0115. The third-order valence-corrected chi connectivity index (χ3v) is 7.99. The Morgan fingerprint density at radius 1 is 0.971 bits per heavy atom. The molecule has 0 radical (unpaired) electrons. The minimum atomic E-state index is -0.131. The lowest BCUT2D eigenvalue weighted by Gasteiger charge is -2.42. The van der Waals surface area contributed by atoms with Gasteiger partial charge in [-0.1, -0.05) is 43.1 Å². The second-order valence-corrected chi connectivity index (χ2v) is 11.3. The Bertz CT molecular complexity index is 1040. The molecule has 5 rings (SSSR count). The molecule has 182 valence electrons. The summed E-state index contributed by atoms with van der Waals surface area (Å²) < 4.78 is 5.52. The van der Waals surface area contributed by atoms with Crippen LogP contribution in [0.25, 0.3) is 0 Å². The average Bonchev–Trinajstić information content (AvgIpc) is 2.83. The van der Waals surface area contributed by atoms with Crippen LogP contribution in [0.15, 0.2) is 36.4 Å². The van der Waals surface area contributed by atoms with Gasteiger partial charge in [0.25, 0.3) is 5.91 Å². The van der Waals surface area contributed by atoms with Crippen molar-refractivity contribution < 1.29 is 9.53 Å². The lowest BCUT2D eigenvalue weighted by atomic mass is 9.78. The van der Waals surface area contributed by atoms with Crippen LogP contribution in [0.1, 0.15) is 48.2 Å². The number of carbonyl (C=O) groups is 1. The van der Waals surface area contributed by atoms with Crippen LogP contribution in [0.3, 0.4) is 0 Å². The molecule has 2 aromatic rings. The lowest BCUT2D eigenvalue weighted by Crippen LogP contribution is -2.49. The van der Waals surface area contributed by atoms with E-state index < -0.39 is 0 Å². The molecule has 2 fully saturated rings. The molecular weight excluding hydrogens is 469 g/mol. The van der Waals surface area contributed by atoms with Crippen molar-refractivity contribution in [3.8, 4) is 0 Å². The summed E-state index contributed by atoms with van der Waals surface area (Å²) in [6.45, 7) is 11.6. The normalized spacial score (nSPS) is 21.4. The van der Waals surface area contributed by atoms with Gasteiger partial charge in [-0.25, -0.2) is 0 Å². The van der Waals surface area contributed by atoms with E-state index in [-0.39, 0.29) is 11.3 Å². The molecule has 0 aliphatic carbocycles. The summed E-state index contributed by atoms with van der Waals surface area (Å²) in [6.07, 6.45) is 2.37. The maximum absolute atomic E-state index is 13.4. The first-order chi connectivity index (χ1) is 16.3. The van der Waals surface area contributed by atoms with Crippen LogP contribution in [0.2, 0.25) is 10.0 Å². The van der Waals surface area contributed by atoms with Crippen LogP contribution in [0.4, 0.5) is 5.69 Å². The standard InChI is InChI=1S/C27H33Cl2N3O2/c1-27(2)18-32(26(33)19-13-21(28)16-22(29)14-19)17-20-15-24(3-4-25(20)27)30-7-5-23(6-8-30)31-9-11-34-12-10-31/h3-4,13-16,23H,5-12,17-18H2,1-2H3. The summed E-state index contributed by atoms with van der Waals surface area (Å²) in [4.78, 5) is 20.4. The highest BCUT2D eigenvalue weighted by molar-refractivity contribution is 6.35. The molecule has 0 N–H and O–H groups in total. The van der Waals surface area contributed by atoms with Gasteiger partial charge in [-0.2, -0.15) is 0 Å². The molecule has 3 aliphatic heterocycles. The van der Waals surface area contributed by atoms with E-state index in [1.807, 2.05) is 4.90 Å². The van der Waals surface area contributed by atoms with Crippen LogP contribution < -0.4 is 4.90 Å². The van der Waals surface area contributed by atoms with Crippen LogP contribution in [0, 0.1) is 0 Å². The number of piperidine rings is 1. The number of hydrogen-bond acceptors (Lipinski definition) is 4. The summed E-state index contributed by atoms with van der Waals surface area (Å²) in [5.41, 5.74) is 4.22. The van der Waals surface area contributed by atoms with Crippen molar-refractivity contribution in [2.75, 3.05) is 50.8 Å². The number of hydrogen-bond donors (Lipinski definition) is 0. The van der Waals surface area contributed by atoms with E-state index in [9.17, 15) is 4.79 Å². The summed E-state index contributed by atoms with van der Waals surface area (Å²) >= 11 is 12.3. The van der Waals surface area contributed by atoms with Crippen molar-refractivity contribution in [1.82, 2.24) is 9.80 Å². The van der Waals surface area contributed by atoms with Crippen molar-refractivity contribution >= 4 is 34.8 Å². The average molecular weight is 502 g/mol. The first-order valence-electron chi connectivity index (χ1n) is 12.3. The molecular formula is C27H33Cl2N3O2. The van der Waals surface area contributed by atoms with Crippen molar-refractivity contribution in [3.05, 3.63) is 63.1 Å². The Kier molecular flexibility index (Phi) is 6.82. The van der Waals surface area contributed by atoms with Gasteiger partial charge in [-0.15, -0.1) is 0 Å². The highest BCUT2D eigenvalue weighted by atomic mass is 35.5. The minimum Gasteiger partial charge on any atom is -0.379 e. The zero-order valence-electron chi connectivity index (χ0n) is 20.0. The predicted octanol–water partition coefficient (Wildman–Crippen LogP) is 5.23. The number of ether oxygens (including phenoxy) is 1. The number of amides is 1. The van der Waals surface area contributed by atoms with Gasteiger partial charge in [-0.05, 0) is 54.3 Å². The quantitative estimate of drug-likeness (QED) is 0.576. The molecule has 7 heteroatoms. The molecule has 2 aromatic carbocycles. The third-order valence-electron chi connectivity index (χ3n) is 7.55.